The molecule has 0 spiro atoms. The number of carbonyl (C=O) groups excluding carboxylic acids is 2. The summed E-state index contributed by atoms with van der Waals surface area (Å²) in [6.45, 7) is 8.25. The summed E-state index contributed by atoms with van der Waals surface area (Å²) < 4.78 is 16.9. The van der Waals surface area contributed by atoms with E-state index in [0.717, 1.165) is 0 Å². The smallest absolute Gasteiger partial charge is 0.343 e. The van der Waals surface area contributed by atoms with Gasteiger partial charge in [0, 0.05) is 0 Å². The maximum Gasteiger partial charge on any atom is 0.343 e. The molecule has 0 aromatic heterocycles. The molecule has 0 aliphatic rings. The van der Waals surface area contributed by atoms with E-state index in [4.69, 9.17) is 14.2 Å². The van der Waals surface area contributed by atoms with E-state index in [0.29, 0.717) is 33.9 Å². The molecular weight excluding hydrogens is 412 g/mol. The number of hydrogen-bond acceptors (Lipinski definition) is 5. The lowest BCUT2D eigenvalue weighted by atomic mass is 10.2. The molecule has 2 rings (SSSR count). The summed E-state index contributed by atoms with van der Waals surface area (Å²) in [5, 5.41) is 0. The van der Waals surface area contributed by atoms with Gasteiger partial charge in [0.25, 0.3) is 0 Å². The van der Waals surface area contributed by atoms with Gasteiger partial charge in [-0.1, -0.05) is 19.9 Å². The Bertz CT molecular complexity index is 814. The minimum absolute atomic E-state index is 0.225. The Morgan fingerprint density at radius 2 is 1.67 bits per heavy atom. The first kappa shape index (κ1) is 21.0. The summed E-state index contributed by atoms with van der Waals surface area (Å²) in [6.07, 6.45) is -0.225. The molecule has 0 saturated carbocycles. The second-order valence-electron chi connectivity index (χ2n) is 6.72. The lowest BCUT2D eigenvalue weighted by molar-refractivity contribution is 0.0376. The van der Waals surface area contributed by atoms with Gasteiger partial charge in [0.1, 0.15) is 11.5 Å². The summed E-state index contributed by atoms with van der Waals surface area (Å²) in [5.74, 6) is 0.349. The van der Waals surface area contributed by atoms with Gasteiger partial charge < -0.3 is 14.2 Å². The van der Waals surface area contributed by atoms with Crippen molar-refractivity contribution in [3.63, 3.8) is 0 Å². The highest BCUT2D eigenvalue weighted by Crippen LogP contribution is 2.27. The van der Waals surface area contributed by atoms with Gasteiger partial charge >= 0.3 is 11.9 Å². The summed E-state index contributed by atoms with van der Waals surface area (Å²) in [4.78, 5) is 24.4. The van der Waals surface area contributed by atoms with Crippen LogP contribution in [0.4, 0.5) is 0 Å². The van der Waals surface area contributed by atoms with E-state index >= 15 is 0 Å². The molecule has 5 nitrogen and oxygen atoms in total. The van der Waals surface area contributed by atoms with Gasteiger partial charge in [0.05, 0.1) is 28.3 Å². The third-order valence-electron chi connectivity index (χ3n) is 3.36. The first-order valence-corrected chi connectivity index (χ1v) is 9.51. The predicted molar refractivity (Wildman–Crippen MR) is 106 cm³/mol. The van der Waals surface area contributed by atoms with Crippen molar-refractivity contribution in [3.8, 4) is 11.5 Å². The van der Waals surface area contributed by atoms with Gasteiger partial charge in [-0.25, -0.2) is 9.59 Å². The van der Waals surface area contributed by atoms with Crippen molar-refractivity contribution in [2.24, 2.45) is 5.92 Å². The Balaban J connectivity index is 2.09. The van der Waals surface area contributed by atoms with E-state index in [1.807, 2.05) is 0 Å². The summed E-state index contributed by atoms with van der Waals surface area (Å²) in [6, 6.07) is 11.3. The summed E-state index contributed by atoms with van der Waals surface area (Å²) >= 11 is 3.41. The SMILES string of the molecule is CC(C)COc1ccc(C(=O)Oc2cccc(C(=O)OC(C)C)c2)cc1Br. The van der Waals surface area contributed by atoms with Crippen LogP contribution in [0.25, 0.3) is 0 Å². The quantitative estimate of drug-likeness (QED) is 0.438. The molecule has 0 aliphatic heterocycles. The maximum atomic E-state index is 12.4. The van der Waals surface area contributed by atoms with E-state index < -0.39 is 11.9 Å². The van der Waals surface area contributed by atoms with Crippen molar-refractivity contribution in [2.45, 2.75) is 33.8 Å². The average Bonchev–Trinajstić information content (AvgIpc) is 2.60. The Morgan fingerprint density at radius 3 is 2.30 bits per heavy atom. The molecule has 0 amide bonds. The van der Waals surface area contributed by atoms with Gasteiger partial charge in [0.15, 0.2) is 0 Å². The fourth-order valence-corrected chi connectivity index (χ4v) is 2.63. The highest BCUT2D eigenvalue weighted by Gasteiger charge is 2.14. The monoisotopic (exact) mass is 434 g/mol. The minimum atomic E-state index is -0.527. The molecular formula is C21H23BrO5. The molecule has 0 atom stereocenters. The molecule has 0 bridgehead atoms. The number of esters is 2. The first-order valence-electron chi connectivity index (χ1n) is 8.72. The fourth-order valence-electron chi connectivity index (χ4n) is 2.14. The molecule has 0 N–H and O–H groups in total. The first-order chi connectivity index (χ1) is 12.8. The van der Waals surface area contributed by atoms with Crippen LogP contribution in [0.2, 0.25) is 0 Å². The molecule has 27 heavy (non-hydrogen) atoms. The Morgan fingerprint density at radius 1 is 0.963 bits per heavy atom. The zero-order valence-corrected chi connectivity index (χ0v) is 17.4. The molecule has 0 saturated heterocycles. The number of carbonyl (C=O) groups is 2. The zero-order valence-electron chi connectivity index (χ0n) is 15.8. The number of hydrogen-bond donors (Lipinski definition) is 0. The summed E-state index contributed by atoms with van der Waals surface area (Å²) in [7, 11) is 0. The average molecular weight is 435 g/mol. The largest absolute Gasteiger partial charge is 0.492 e. The van der Waals surface area contributed by atoms with Crippen LogP contribution in [0, 0.1) is 5.92 Å². The number of ether oxygens (including phenoxy) is 3. The minimum Gasteiger partial charge on any atom is -0.492 e. The molecule has 0 fully saturated rings. The topological polar surface area (TPSA) is 61.8 Å². The van der Waals surface area contributed by atoms with E-state index in [9.17, 15) is 9.59 Å². The van der Waals surface area contributed by atoms with Crippen molar-refractivity contribution >= 4 is 27.9 Å². The second kappa shape index (κ2) is 9.55. The molecule has 2 aromatic carbocycles. The lowest BCUT2D eigenvalue weighted by Gasteiger charge is -2.12. The van der Waals surface area contributed by atoms with Crippen molar-refractivity contribution in [1.29, 1.82) is 0 Å². The third kappa shape index (κ3) is 6.40. The Labute approximate surface area is 167 Å². The van der Waals surface area contributed by atoms with E-state index in [1.54, 1.807) is 50.2 Å². The van der Waals surface area contributed by atoms with Crippen molar-refractivity contribution in [2.75, 3.05) is 6.61 Å². The fraction of sp³-hybridized carbons (Fsp3) is 0.333. The van der Waals surface area contributed by atoms with Crippen molar-refractivity contribution in [3.05, 3.63) is 58.1 Å². The number of benzene rings is 2. The van der Waals surface area contributed by atoms with Crippen LogP contribution in [-0.4, -0.2) is 24.6 Å². The lowest BCUT2D eigenvalue weighted by Crippen LogP contribution is -2.13. The number of rotatable bonds is 7. The molecule has 2 aromatic rings. The second-order valence-corrected chi connectivity index (χ2v) is 7.58. The molecule has 144 valence electrons. The maximum absolute atomic E-state index is 12.4. The van der Waals surface area contributed by atoms with E-state index in [2.05, 4.69) is 29.8 Å². The van der Waals surface area contributed by atoms with Gasteiger partial charge in [-0.15, -0.1) is 0 Å². The van der Waals surface area contributed by atoms with Gasteiger partial charge in [-0.3, -0.25) is 0 Å². The number of halogens is 1. The van der Waals surface area contributed by atoms with Crippen LogP contribution in [0.5, 0.6) is 11.5 Å². The Hall–Kier alpha value is -2.34. The van der Waals surface area contributed by atoms with Crippen LogP contribution in [-0.2, 0) is 4.74 Å². The normalized spacial score (nSPS) is 10.8. The standard InChI is InChI=1S/C21H23BrO5/c1-13(2)12-25-19-9-8-16(11-18(19)22)21(24)27-17-7-5-6-15(10-17)20(23)26-14(3)4/h5-11,13-14H,12H2,1-4H3. The molecule has 0 radical (unpaired) electrons. The van der Waals surface area contributed by atoms with E-state index in [-0.39, 0.29) is 11.9 Å². The van der Waals surface area contributed by atoms with Gasteiger partial charge in [-0.2, -0.15) is 0 Å². The van der Waals surface area contributed by atoms with Gasteiger partial charge in [0.2, 0.25) is 0 Å². The zero-order chi connectivity index (χ0) is 20.0. The van der Waals surface area contributed by atoms with Crippen molar-refractivity contribution in [1.82, 2.24) is 0 Å². The molecule has 0 unspecified atom stereocenters. The Kier molecular flexibility index (Phi) is 7.42. The molecule has 6 heteroatoms. The van der Waals surface area contributed by atoms with E-state index in [1.165, 1.54) is 6.07 Å². The molecule has 0 heterocycles. The van der Waals surface area contributed by atoms with Crippen LogP contribution in [0.3, 0.4) is 0 Å². The van der Waals surface area contributed by atoms with Crippen LogP contribution < -0.4 is 9.47 Å². The van der Waals surface area contributed by atoms with Crippen LogP contribution >= 0.6 is 15.9 Å². The van der Waals surface area contributed by atoms with Crippen LogP contribution in [0.1, 0.15) is 48.4 Å². The highest BCUT2D eigenvalue weighted by atomic mass is 79.9. The van der Waals surface area contributed by atoms with Crippen molar-refractivity contribution < 1.29 is 23.8 Å². The third-order valence-corrected chi connectivity index (χ3v) is 3.98. The molecule has 0 aliphatic carbocycles. The predicted octanol–water partition coefficient (Wildman–Crippen LogP) is 5.27. The summed E-state index contributed by atoms with van der Waals surface area (Å²) in [5.41, 5.74) is 0.696. The van der Waals surface area contributed by atoms with Crippen LogP contribution in [0.15, 0.2) is 46.9 Å². The highest BCUT2D eigenvalue weighted by molar-refractivity contribution is 9.10. The van der Waals surface area contributed by atoms with Gasteiger partial charge in [-0.05, 0) is 72.1 Å².